The van der Waals surface area contributed by atoms with Crippen molar-refractivity contribution >= 4 is 28.1 Å². The second kappa shape index (κ2) is 6.71. The van der Waals surface area contributed by atoms with Crippen LogP contribution in [0.2, 0.25) is 0 Å². The molecule has 4 nitrogen and oxygen atoms in total. The molecule has 1 heterocycles. The number of amides is 1. The summed E-state index contributed by atoms with van der Waals surface area (Å²) < 4.78 is 0. The van der Waals surface area contributed by atoms with Crippen LogP contribution in [0.4, 0.5) is 10.8 Å². The minimum absolute atomic E-state index is 0.0587. The van der Waals surface area contributed by atoms with E-state index in [1.807, 2.05) is 17.5 Å². The van der Waals surface area contributed by atoms with E-state index in [9.17, 15) is 4.79 Å². The third-order valence-electron chi connectivity index (χ3n) is 4.02. The Kier molecular flexibility index (Phi) is 4.50. The van der Waals surface area contributed by atoms with Crippen LogP contribution in [0.5, 0.6) is 0 Å². The van der Waals surface area contributed by atoms with E-state index in [1.54, 1.807) is 23.2 Å². The fourth-order valence-electron chi connectivity index (χ4n) is 2.90. The van der Waals surface area contributed by atoms with E-state index in [4.69, 9.17) is 5.26 Å². The molecule has 0 N–H and O–H groups in total. The van der Waals surface area contributed by atoms with Crippen molar-refractivity contribution in [1.82, 2.24) is 4.98 Å². The van der Waals surface area contributed by atoms with E-state index in [0.29, 0.717) is 10.7 Å². The molecule has 1 aromatic heterocycles. The summed E-state index contributed by atoms with van der Waals surface area (Å²) in [6.07, 6.45) is 7.03. The number of carbonyl (C=O) groups excluding carboxylic acids is 1. The summed E-state index contributed by atoms with van der Waals surface area (Å²) in [6, 6.07) is 9.30. The Morgan fingerprint density at radius 1 is 1.32 bits per heavy atom. The average molecular weight is 311 g/mol. The van der Waals surface area contributed by atoms with Gasteiger partial charge in [0.1, 0.15) is 0 Å². The van der Waals surface area contributed by atoms with Crippen molar-refractivity contribution in [1.29, 1.82) is 5.26 Å². The van der Waals surface area contributed by atoms with Crippen LogP contribution in [0, 0.1) is 17.2 Å². The van der Waals surface area contributed by atoms with Crippen molar-refractivity contribution in [3.63, 3.8) is 0 Å². The number of nitriles is 1. The van der Waals surface area contributed by atoms with Crippen LogP contribution in [-0.4, -0.2) is 10.9 Å². The Morgan fingerprint density at radius 3 is 2.82 bits per heavy atom. The van der Waals surface area contributed by atoms with Crippen molar-refractivity contribution in [3.05, 3.63) is 41.4 Å². The van der Waals surface area contributed by atoms with Crippen LogP contribution in [0.25, 0.3) is 0 Å². The Balaban J connectivity index is 1.97. The number of hydrogen-bond acceptors (Lipinski definition) is 4. The van der Waals surface area contributed by atoms with Crippen LogP contribution in [0.3, 0.4) is 0 Å². The first-order chi connectivity index (χ1) is 10.8. The maximum absolute atomic E-state index is 13.0. The number of aromatic nitrogens is 1. The number of benzene rings is 1. The molecule has 112 valence electrons. The first-order valence-electron chi connectivity index (χ1n) is 7.53. The highest BCUT2D eigenvalue weighted by Crippen LogP contribution is 2.33. The van der Waals surface area contributed by atoms with Gasteiger partial charge < -0.3 is 0 Å². The highest BCUT2D eigenvalue weighted by Gasteiger charge is 2.29. The van der Waals surface area contributed by atoms with Gasteiger partial charge in [0, 0.05) is 17.5 Å². The Hall–Kier alpha value is -2.19. The lowest BCUT2D eigenvalue weighted by atomic mass is 9.88. The molecule has 1 fully saturated rings. The summed E-state index contributed by atoms with van der Waals surface area (Å²) >= 11 is 1.44. The third-order valence-corrected chi connectivity index (χ3v) is 4.78. The second-order valence-electron chi connectivity index (χ2n) is 5.49. The SMILES string of the molecule is N#Cc1cccc(N(C(=O)C2CCCCC2)c2nccs2)c1. The van der Waals surface area contributed by atoms with Crippen molar-refractivity contribution in [3.8, 4) is 6.07 Å². The molecule has 0 aliphatic heterocycles. The van der Waals surface area contributed by atoms with Gasteiger partial charge in [-0.25, -0.2) is 4.98 Å². The summed E-state index contributed by atoms with van der Waals surface area (Å²) in [5.74, 6) is 0.160. The molecule has 1 amide bonds. The zero-order valence-electron chi connectivity index (χ0n) is 12.2. The molecular formula is C17H17N3OS. The molecule has 5 heteroatoms. The van der Waals surface area contributed by atoms with Gasteiger partial charge in [-0.2, -0.15) is 5.26 Å². The predicted molar refractivity (Wildman–Crippen MR) is 87.0 cm³/mol. The van der Waals surface area contributed by atoms with E-state index >= 15 is 0 Å². The zero-order valence-corrected chi connectivity index (χ0v) is 13.1. The lowest BCUT2D eigenvalue weighted by molar-refractivity contribution is -0.122. The van der Waals surface area contributed by atoms with Gasteiger partial charge in [-0.05, 0) is 31.0 Å². The fraction of sp³-hybridized carbons (Fsp3) is 0.353. The quantitative estimate of drug-likeness (QED) is 0.851. The van der Waals surface area contributed by atoms with Crippen LogP contribution < -0.4 is 4.90 Å². The van der Waals surface area contributed by atoms with Gasteiger partial charge in [-0.15, -0.1) is 11.3 Å². The van der Waals surface area contributed by atoms with Crippen molar-refractivity contribution in [2.75, 3.05) is 4.90 Å². The van der Waals surface area contributed by atoms with E-state index in [2.05, 4.69) is 11.1 Å². The smallest absolute Gasteiger partial charge is 0.236 e. The maximum Gasteiger partial charge on any atom is 0.236 e. The molecular weight excluding hydrogens is 294 g/mol. The van der Waals surface area contributed by atoms with Crippen LogP contribution in [0.1, 0.15) is 37.7 Å². The molecule has 3 rings (SSSR count). The predicted octanol–water partition coefficient (Wildman–Crippen LogP) is 4.26. The number of thiazole rings is 1. The Labute approximate surface area is 134 Å². The molecule has 22 heavy (non-hydrogen) atoms. The lowest BCUT2D eigenvalue weighted by Crippen LogP contribution is -2.33. The molecule has 1 saturated carbocycles. The average Bonchev–Trinajstić information content (AvgIpc) is 3.10. The van der Waals surface area contributed by atoms with Crippen molar-refractivity contribution in [2.45, 2.75) is 32.1 Å². The number of carbonyl (C=O) groups is 1. The molecule has 0 saturated heterocycles. The van der Waals surface area contributed by atoms with Crippen LogP contribution >= 0.6 is 11.3 Å². The molecule has 1 aliphatic carbocycles. The van der Waals surface area contributed by atoms with E-state index < -0.39 is 0 Å². The number of nitrogens with zero attached hydrogens (tertiary/aromatic N) is 3. The minimum atomic E-state index is 0.0587. The van der Waals surface area contributed by atoms with Gasteiger partial charge in [-0.1, -0.05) is 25.3 Å². The molecule has 1 aromatic carbocycles. The van der Waals surface area contributed by atoms with Crippen LogP contribution in [-0.2, 0) is 4.79 Å². The molecule has 1 aliphatic rings. The Bertz CT molecular complexity index is 684. The highest BCUT2D eigenvalue weighted by atomic mass is 32.1. The molecule has 0 bridgehead atoms. The first-order valence-corrected chi connectivity index (χ1v) is 8.41. The summed E-state index contributed by atoms with van der Waals surface area (Å²) in [5, 5.41) is 11.6. The summed E-state index contributed by atoms with van der Waals surface area (Å²) in [4.78, 5) is 19.0. The lowest BCUT2D eigenvalue weighted by Gasteiger charge is -2.27. The van der Waals surface area contributed by atoms with Crippen molar-refractivity contribution < 1.29 is 4.79 Å². The number of rotatable bonds is 3. The van der Waals surface area contributed by atoms with Gasteiger partial charge in [0.2, 0.25) is 5.91 Å². The summed E-state index contributed by atoms with van der Waals surface area (Å²) in [5.41, 5.74) is 1.28. The van der Waals surface area contributed by atoms with Crippen LogP contribution in [0.15, 0.2) is 35.8 Å². The molecule has 0 atom stereocenters. The topological polar surface area (TPSA) is 57.0 Å². The molecule has 0 unspecified atom stereocenters. The van der Waals surface area contributed by atoms with Gasteiger partial charge in [0.05, 0.1) is 17.3 Å². The summed E-state index contributed by atoms with van der Waals surface area (Å²) in [7, 11) is 0. The minimum Gasteiger partial charge on any atom is -0.274 e. The molecule has 0 radical (unpaired) electrons. The van der Waals surface area contributed by atoms with Gasteiger partial charge in [0.15, 0.2) is 5.13 Å². The second-order valence-corrected chi connectivity index (χ2v) is 6.36. The fourth-order valence-corrected chi connectivity index (χ4v) is 3.57. The van der Waals surface area contributed by atoms with E-state index in [-0.39, 0.29) is 11.8 Å². The normalized spacial score (nSPS) is 15.2. The monoisotopic (exact) mass is 311 g/mol. The summed E-state index contributed by atoms with van der Waals surface area (Å²) in [6.45, 7) is 0. The van der Waals surface area contributed by atoms with Gasteiger partial charge in [0.25, 0.3) is 0 Å². The largest absolute Gasteiger partial charge is 0.274 e. The van der Waals surface area contributed by atoms with E-state index in [0.717, 1.165) is 31.4 Å². The zero-order chi connectivity index (χ0) is 15.4. The van der Waals surface area contributed by atoms with Crippen molar-refractivity contribution in [2.24, 2.45) is 5.92 Å². The molecule has 0 spiro atoms. The standard InChI is InChI=1S/C17H17N3OS/c18-12-13-5-4-8-15(11-13)20(17-19-9-10-22-17)16(21)14-6-2-1-3-7-14/h4-5,8-11,14H,1-3,6-7H2. The molecule has 2 aromatic rings. The number of anilines is 2. The Morgan fingerprint density at radius 2 is 2.14 bits per heavy atom. The van der Waals surface area contributed by atoms with Gasteiger partial charge in [-0.3, -0.25) is 9.69 Å². The maximum atomic E-state index is 13.0. The highest BCUT2D eigenvalue weighted by molar-refractivity contribution is 7.13. The first kappa shape index (κ1) is 14.7. The third kappa shape index (κ3) is 3.02. The number of hydrogen-bond donors (Lipinski definition) is 0. The van der Waals surface area contributed by atoms with E-state index in [1.165, 1.54) is 17.8 Å². The van der Waals surface area contributed by atoms with Gasteiger partial charge >= 0.3 is 0 Å².